The molecule has 1 aromatic carbocycles. The Kier molecular flexibility index (Phi) is 6.64. The third-order valence-electron chi connectivity index (χ3n) is 3.85. The van der Waals surface area contributed by atoms with Gasteiger partial charge in [-0.15, -0.1) is 0 Å². The van der Waals surface area contributed by atoms with Gasteiger partial charge in [0, 0.05) is 7.05 Å². The van der Waals surface area contributed by atoms with Crippen LogP contribution in [0, 0.1) is 0 Å². The number of imide groups is 1. The van der Waals surface area contributed by atoms with Gasteiger partial charge in [-0.25, -0.2) is 13.2 Å². The fraction of sp³-hybridized carbons (Fsp3) is 0.429. The summed E-state index contributed by atoms with van der Waals surface area (Å²) in [5, 5.41) is 4.95. The van der Waals surface area contributed by atoms with E-state index in [1.165, 1.54) is 29.6 Å². The zero-order valence-electron chi connectivity index (χ0n) is 13.5. The lowest BCUT2D eigenvalue weighted by Crippen LogP contribution is -3.15. The van der Waals surface area contributed by atoms with Crippen LogP contribution in [0.15, 0.2) is 23.1 Å². The third-order valence-corrected chi connectivity index (χ3v) is 6.48. The number of carbonyl (C=O) groups is 2. The number of nitrogens with one attached hydrogen (secondary N) is 3. The number of rotatable bonds is 4. The number of quaternary nitrogens is 1. The van der Waals surface area contributed by atoms with E-state index < -0.39 is 22.0 Å². The Labute approximate surface area is 156 Å². The van der Waals surface area contributed by atoms with Gasteiger partial charge < -0.3 is 10.2 Å². The van der Waals surface area contributed by atoms with Gasteiger partial charge in [-0.05, 0) is 18.2 Å². The van der Waals surface area contributed by atoms with Crippen molar-refractivity contribution in [2.75, 3.05) is 39.8 Å². The monoisotopic (exact) mass is 409 g/mol. The van der Waals surface area contributed by atoms with Crippen LogP contribution in [0.25, 0.3) is 0 Å². The average molecular weight is 410 g/mol. The second kappa shape index (κ2) is 8.33. The van der Waals surface area contributed by atoms with Crippen molar-refractivity contribution < 1.29 is 22.9 Å². The van der Waals surface area contributed by atoms with Gasteiger partial charge in [0.15, 0.2) is 6.54 Å². The van der Waals surface area contributed by atoms with E-state index in [1.807, 2.05) is 0 Å². The zero-order chi connectivity index (χ0) is 18.6. The highest BCUT2D eigenvalue weighted by atomic mass is 35.5. The van der Waals surface area contributed by atoms with Gasteiger partial charge in [0.05, 0.1) is 41.1 Å². The largest absolute Gasteiger partial charge is 0.341 e. The summed E-state index contributed by atoms with van der Waals surface area (Å²) < 4.78 is 26.6. The predicted molar refractivity (Wildman–Crippen MR) is 93.4 cm³/mol. The SMILES string of the molecule is CNC(=O)NC(=O)C[NH+]1CCN(S(=O)(=O)c2ccc(Cl)c(Cl)c2)CC1. The molecule has 138 valence electrons. The Balaban J connectivity index is 1.95. The molecule has 0 aliphatic carbocycles. The third kappa shape index (κ3) is 5.05. The molecule has 1 aliphatic rings. The quantitative estimate of drug-likeness (QED) is 0.614. The van der Waals surface area contributed by atoms with Crippen LogP contribution in [0.2, 0.25) is 10.0 Å². The molecule has 0 saturated carbocycles. The molecule has 0 radical (unpaired) electrons. The lowest BCUT2D eigenvalue weighted by molar-refractivity contribution is -0.895. The van der Waals surface area contributed by atoms with Gasteiger partial charge in [0.2, 0.25) is 10.0 Å². The first-order valence-electron chi connectivity index (χ1n) is 7.54. The molecule has 25 heavy (non-hydrogen) atoms. The molecule has 3 amide bonds. The number of carbonyl (C=O) groups excluding carboxylic acids is 2. The molecule has 1 heterocycles. The van der Waals surface area contributed by atoms with Crippen LogP contribution >= 0.6 is 23.2 Å². The highest BCUT2D eigenvalue weighted by Crippen LogP contribution is 2.26. The normalized spacial score (nSPS) is 16.4. The molecule has 0 atom stereocenters. The lowest BCUT2D eigenvalue weighted by Gasteiger charge is -2.31. The molecule has 3 N–H and O–H groups in total. The van der Waals surface area contributed by atoms with Crippen molar-refractivity contribution in [3.8, 4) is 0 Å². The maximum atomic E-state index is 12.6. The molecule has 2 rings (SSSR count). The summed E-state index contributed by atoms with van der Waals surface area (Å²) in [6.45, 7) is 1.56. The van der Waals surface area contributed by atoms with E-state index in [0.717, 1.165) is 4.90 Å². The van der Waals surface area contributed by atoms with Gasteiger partial charge in [-0.1, -0.05) is 23.2 Å². The van der Waals surface area contributed by atoms with Crippen molar-refractivity contribution in [1.29, 1.82) is 0 Å². The van der Waals surface area contributed by atoms with E-state index in [2.05, 4.69) is 10.6 Å². The van der Waals surface area contributed by atoms with Crippen LogP contribution in [-0.2, 0) is 14.8 Å². The van der Waals surface area contributed by atoms with Crippen molar-refractivity contribution in [2.45, 2.75) is 4.90 Å². The van der Waals surface area contributed by atoms with Crippen LogP contribution in [0.3, 0.4) is 0 Å². The molecule has 11 heteroatoms. The fourth-order valence-electron chi connectivity index (χ4n) is 2.47. The van der Waals surface area contributed by atoms with Crippen LogP contribution < -0.4 is 15.5 Å². The maximum absolute atomic E-state index is 12.6. The smallest absolute Gasteiger partial charge is 0.321 e. The summed E-state index contributed by atoms with van der Waals surface area (Å²) in [4.78, 5) is 23.8. The van der Waals surface area contributed by atoms with Crippen molar-refractivity contribution in [3.05, 3.63) is 28.2 Å². The first-order valence-corrected chi connectivity index (χ1v) is 9.74. The molecule has 1 fully saturated rings. The molecular formula is C14H19Cl2N4O4S+. The van der Waals surface area contributed by atoms with Crippen LogP contribution in [0.5, 0.6) is 0 Å². The summed E-state index contributed by atoms with van der Waals surface area (Å²) in [6.07, 6.45) is 0. The minimum Gasteiger partial charge on any atom is -0.341 e. The second-order valence-electron chi connectivity index (χ2n) is 5.53. The lowest BCUT2D eigenvalue weighted by atomic mass is 10.3. The van der Waals surface area contributed by atoms with Gasteiger partial charge in [0.1, 0.15) is 0 Å². The average Bonchev–Trinajstić information content (AvgIpc) is 2.57. The molecule has 0 unspecified atom stereocenters. The Morgan fingerprint density at radius 2 is 1.84 bits per heavy atom. The van der Waals surface area contributed by atoms with Crippen molar-refractivity contribution >= 4 is 45.2 Å². The van der Waals surface area contributed by atoms with E-state index >= 15 is 0 Å². The van der Waals surface area contributed by atoms with Crippen molar-refractivity contribution in [3.63, 3.8) is 0 Å². The number of halogens is 2. The van der Waals surface area contributed by atoms with Gasteiger partial charge in [-0.2, -0.15) is 4.31 Å². The molecular weight excluding hydrogens is 391 g/mol. The maximum Gasteiger partial charge on any atom is 0.321 e. The summed E-state index contributed by atoms with van der Waals surface area (Å²) >= 11 is 11.7. The highest BCUT2D eigenvalue weighted by Gasteiger charge is 2.31. The van der Waals surface area contributed by atoms with Crippen LogP contribution in [0.4, 0.5) is 4.79 Å². The van der Waals surface area contributed by atoms with Crippen LogP contribution in [-0.4, -0.2) is 64.4 Å². The summed E-state index contributed by atoms with van der Waals surface area (Å²) in [6, 6.07) is 3.63. The van der Waals surface area contributed by atoms with E-state index in [1.54, 1.807) is 0 Å². The van der Waals surface area contributed by atoms with Crippen molar-refractivity contribution in [1.82, 2.24) is 14.9 Å². The van der Waals surface area contributed by atoms with E-state index in [-0.39, 0.29) is 34.6 Å². The number of amides is 3. The number of urea groups is 1. The molecule has 1 aliphatic heterocycles. The van der Waals surface area contributed by atoms with Gasteiger partial charge >= 0.3 is 6.03 Å². The van der Waals surface area contributed by atoms with E-state index in [4.69, 9.17) is 23.2 Å². The second-order valence-corrected chi connectivity index (χ2v) is 8.29. The Hall–Kier alpha value is -1.39. The van der Waals surface area contributed by atoms with Crippen LogP contribution in [0.1, 0.15) is 0 Å². The standard InChI is InChI=1S/C14H18Cl2N4O4S/c1-17-14(22)18-13(21)9-19-4-6-20(7-5-19)25(23,24)10-2-3-11(15)12(16)8-10/h2-3,8H,4-7,9H2,1H3,(H2,17,18,21,22)/p+1. The summed E-state index contributed by atoms with van der Waals surface area (Å²) in [7, 11) is -2.25. The van der Waals surface area contributed by atoms with Crippen molar-refractivity contribution in [2.24, 2.45) is 0 Å². The van der Waals surface area contributed by atoms with E-state index in [9.17, 15) is 18.0 Å². The minimum atomic E-state index is -3.66. The Bertz CT molecular complexity index is 764. The molecule has 8 nitrogen and oxygen atoms in total. The van der Waals surface area contributed by atoms with Gasteiger partial charge in [-0.3, -0.25) is 10.1 Å². The first kappa shape index (κ1) is 19.9. The first-order chi connectivity index (χ1) is 11.7. The summed E-state index contributed by atoms with van der Waals surface area (Å²) in [5.41, 5.74) is 0. The number of piperazine rings is 1. The Morgan fingerprint density at radius 1 is 1.20 bits per heavy atom. The number of sulfonamides is 1. The number of benzene rings is 1. The molecule has 0 bridgehead atoms. The highest BCUT2D eigenvalue weighted by molar-refractivity contribution is 7.89. The number of hydrogen-bond acceptors (Lipinski definition) is 4. The molecule has 1 aromatic rings. The molecule has 0 aromatic heterocycles. The Morgan fingerprint density at radius 3 is 2.40 bits per heavy atom. The zero-order valence-corrected chi connectivity index (χ0v) is 15.8. The van der Waals surface area contributed by atoms with Gasteiger partial charge in [0.25, 0.3) is 5.91 Å². The minimum absolute atomic E-state index is 0.0858. The number of hydrogen-bond donors (Lipinski definition) is 3. The fourth-order valence-corrected chi connectivity index (χ4v) is 4.30. The molecule has 1 saturated heterocycles. The predicted octanol–water partition coefficient (Wildman–Crippen LogP) is -0.662. The topological polar surface area (TPSA) is 100 Å². The molecule has 0 spiro atoms. The summed E-state index contributed by atoms with van der Waals surface area (Å²) in [5.74, 6) is -0.407. The van der Waals surface area contributed by atoms with E-state index in [0.29, 0.717) is 13.1 Å². The number of nitrogens with zero attached hydrogens (tertiary/aromatic N) is 1.